The van der Waals surface area contributed by atoms with Crippen LogP contribution in [0.1, 0.15) is 10.4 Å². The van der Waals surface area contributed by atoms with Crippen LogP contribution in [-0.4, -0.2) is 30.2 Å². The number of halogens is 1. The number of ether oxygens (including phenoxy) is 1. The molecule has 0 unspecified atom stereocenters. The van der Waals surface area contributed by atoms with Crippen LogP contribution in [0.2, 0.25) is 5.02 Å². The maximum Gasteiger partial charge on any atom is 0.319 e. The molecule has 7 nitrogen and oxygen atoms in total. The van der Waals surface area contributed by atoms with Crippen LogP contribution in [0.25, 0.3) is 5.69 Å². The fourth-order valence-electron chi connectivity index (χ4n) is 2.76. The number of benzene rings is 2. The molecule has 3 aromatic rings. The number of hydrogen-bond acceptors (Lipinski definition) is 3. The van der Waals surface area contributed by atoms with E-state index in [-0.39, 0.29) is 11.9 Å². The van der Waals surface area contributed by atoms with E-state index in [0.29, 0.717) is 39.9 Å². The maximum atomic E-state index is 12.8. The van der Waals surface area contributed by atoms with E-state index in [9.17, 15) is 9.59 Å². The number of methoxy groups -OCH3 is 1. The monoisotopic (exact) mass is 424 g/mol. The summed E-state index contributed by atoms with van der Waals surface area (Å²) in [5, 5.41) is 8.52. The number of urea groups is 1. The van der Waals surface area contributed by atoms with E-state index in [2.05, 4.69) is 22.5 Å². The highest BCUT2D eigenvalue weighted by molar-refractivity contribution is 6.33. The van der Waals surface area contributed by atoms with Gasteiger partial charge < -0.3 is 25.3 Å². The van der Waals surface area contributed by atoms with Gasteiger partial charge in [-0.2, -0.15) is 0 Å². The minimum Gasteiger partial charge on any atom is -0.496 e. The number of nitrogens with zero attached hydrogens (tertiary/aromatic N) is 1. The highest BCUT2D eigenvalue weighted by Crippen LogP contribution is 2.30. The van der Waals surface area contributed by atoms with Crippen molar-refractivity contribution in [3.8, 4) is 11.4 Å². The molecule has 1 aromatic heterocycles. The van der Waals surface area contributed by atoms with E-state index in [4.69, 9.17) is 16.3 Å². The number of amides is 3. The molecule has 0 spiro atoms. The van der Waals surface area contributed by atoms with E-state index in [1.165, 1.54) is 7.11 Å². The lowest BCUT2D eigenvalue weighted by atomic mass is 10.1. The first-order valence-electron chi connectivity index (χ1n) is 9.10. The molecule has 3 rings (SSSR count). The number of aromatic nitrogens is 1. The molecule has 3 N–H and O–H groups in total. The Hall–Kier alpha value is -3.71. The molecule has 0 aliphatic rings. The van der Waals surface area contributed by atoms with Crippen molar-refractivity contribution in [3.63, 3.8) is 0 Å². The summed E-state index contributed by atoms with van der Waals surface area (Å²) in [5.41, 5.74) is 2.17. The average molecular weight is 425 g/mol. The predicted octanol–water partition coefficient (Wildman–Crippen LogP) is 4.70. The Morgan fingerprint density at radius 1 is 1.10 bits per heavy atom. The highest BCUT2D eigenvalue weighted by Gasteiger charge is 2.17. The predicted molar refractivity (Wildman–Crippen MR) is 119 cm³/mol. The molecule has 0 fully saturated rings. The van der Waals surface area contributed by atoms with Crippen LogP contribution < -0.4 is 20.7 Å². The third-order valence-electron chi connectivity index (χ3n) is 4.20. The molecule has 8 heteroatoms. The van der Waals surface area contributed by atoms with Crippen LogP contribution in [0.15, 0.2) is 73.6 Å². The SMILES string of the molecule is C=CCNC(=O)Nc1ccc(NC(=O)c2cc(Cl)c(-n3cccc3)cc2OC)cc1. The van der Waals surface area contributed by atoms with Gasteiger partial charge in [0, 0.05) is 36.4 Å². The summed E-state index contributed by atoms with van der Waals surface area (Å²) in [5.74, 6) is 0.0371. The van der Waals surface area contributed by atoms with Crippen LogP contribution in [0.4, 0.5) is 16.2 Å². The second-order valence-corrected chi connectivity index (χ2v) is 6.66. The fraction of sp³-hybridized carbons (Fsp3) is 0.0909. The molecule has 154 valence electrons. The van der Waals surface area contributed by atoms with E-state index < -0.39 is 0 Å². The van der Waals surface area contributed by atoms with Gasteiger partial charge in [-0.1, -0.05) is 17.7 Å². The Kier molecular flexibility index (Phi) is 6.77. The number of nitrogens with one attached hydrogen (secondary N) is 3. The Balaban J connectivity index is 1.73. The van der Waals surface area contributed by atoms with Gasteiger partial charge in [0.2, 0.25) is 0 Å². The number of carbonyl (C=O) groups is 2. The van der Waals surface area contributed by atoms with Crippen molar-refractivity contribution in [2.24, 2.45) is 0 Å². The lowest BCUT2D eigenvalue weighted by Crippen LogP contribution is -2.28. The number of hydrogen-bond donors (Lipinski definition) is 3. The van der Waals surface area contributed by atoms with E-state index in [0.717, 1.165) is 0 Å². The summed E-state index contributed by atoms with van der Waals surface area (Å²) in [6, 6.07) is 13.4. The Bertz CT molecular complexity index is 1050. The summed E-state index contributed by atoms with van der Waals surface area (Å²) in [7, 11) is 1.50. The van der Waals surface area contributed by atoms with Crippen molar-refractivity contribution in [3.05, 3.63) is 84.2 Å². The summed E-state index contributed by atoms with van der Waals surface area (Å²) in [4.78, 5) is 24.4. The van der Waals surface area contributed by atoms with E-state index >= 15 is 0 Å². The van der Waals surface area contributed by atoms with Crippen molar-refractivity contribution in [2.45, 2.75) is 0 Å². The van der Waals surface area contributed by atoms with Crippen molar-refractivity contribution >= 4 is 34.9 Å². The van der Waals surface area contributed by atoms with Gasteiger partial charge in [0.15, 0.2) is 0 Å². The molecule has 0 radical (unpaired) electrons. The molecule has 0 aliphatic carbocycles. The second kappa shape index (κ2) is 9.67. The van der Waals surface area contributed by atoms with Crippen molar-refractivity contribution in [2.75, 3.05) is 24.3 Å². The normalized spacial score (nSPS) is 10.2. The van der Waals surface area contributed by atoms with Crippen LogP contribution in [0.5, 0.6) is 5.75 Å². The minimum absolute atomic E-state index is 0.310. The minimum atomic E-state index is -0.364. The van der Waals surface area contributed by atoms with Gasteiger partial charge in [-0.3, -0.25) is 4.79 Å². The summed E-state index contributed by atoms with van der Waals surface area (Å²) in [6.07, 6.45) is 5.30. The average Bonchev–Trinajstić information content (AvgIpc) is 3.28. The third-order valence-corrected chi connectivity index (χ3v) is 4.51. The zero-order chi connectivity index (χ0) is 21.5. The standard InChI is InChI=1S/C22H21ClN4O3/c1-3-10-24-22(29)26-16-8-6-15(7-9-16)25-21(28)17-13-18(23)19(14-20(17)30-2)27-11-4-5-12-27/h3-9,11-14H,1,10H2,2H3,(H,25,28)(H2,24,26,29). The van der Waals surface area contributed by atoms with E-state index in [1.807, 2.05) is 29.1 Å². The molecule has 0 bridgehead atoms. The van der Waals surface area contributed by atoms with Gasteiger partial charge in [0.1, 0.15) is 5.75 Å². The molecule has 3 amide bonds. The maximum absolute atomic E-state index is 12.8. The van der Waals surface area contributed by atoms with Gasteiger partial charge in [-0.15, -0.1) is 6.58 Å². The Morgan fingerprint density at radius 2 is 1.73 bits per heavy atom. The first-order valence-corrected chi connectivity index (χ1v) is 9.47. The van der Waals surface area contributed by atoms with Gasteiger partial charge in [0.05, 0.1) is 23.4 Å². The number of rotatable bonds is 7. The second-order valence-electron chi connectivity index (χ2n) is 6.25. The molecular formula is C22H21ClN4O3. The molecule has 0 saturated carbocycles. The van der Waals surface area contributed by atoms with Gasteiger partial charge in [-0.05, 0) is 42.5 Å². The molecular weight excluding hydrogens is 404 g/mol. The van der Waals surface area contributed by atoms with Crippen LogP contribution >= 0.6 is 11.6 Å². The highest BCUT2D eigenvalue weighted by atomic mass is 35.5. The molecule has 1 heterocycles. The van der Waals surface area contributed by atoms with E-state index in [1.54, 1.807) is 42.5 Å². The zero-order valence-corrected chi connectivity index (χ0v) is 17.1. The quantitative estimate of drug-likeness (QED) is 0.480. The first-order chi connectivity index (χ1) is 14.5. The third kappa shape index (κ3) is 5.01. The summed E-state index contributed by atoms with van der Waals surface area (Å²) in [6.45, 7) is 3.91. The van der Waals surface area contributed by atoms with Crippen molar-refractivity contribution in [1.29, 1.82) is 0 Å². The topological polar surface area (TPSA) is 84.4 Å². The zero-order valence-electron chi connectivity index (χ0n) is 16.3. The first kappa shape index (κ1) is 21.0. The van der Waals surface area contributed by atoms with Gasteiger partial charge in [-0.25, -0.2) is 4.79 Å². The Morgan fingerprint density at radius 3 is 2.33 bits per heavy atom. The lowest BCUT2D eigenvalue weighted by molar-refractivity contribution is 0.102. The van der Waals surface area contributed by atoms with Gasteiger partial charge >= 0.3 is 6.03 Å². The largest absolute Gasteiger partial charge is 0.496 e. The van der Waals surface area contributed by atoms with Crippen molar-refractivity contribution < 1.29 is 14.3 Å². The van der Waals surface area contributed by atoms with Crippen molar-refractivity contribution in [1.82, 2.24) is 9.88 Å². The number of anilines is 2. The fourth-order valence-corrected chi connectivity index (χ4v) is 3.02. The molecule has 0 saturated heterocycles. The van der Waals surface area contributed by atoms with Gasteiger partial charge in [0.25, 0.3) is 5.91 Å². The molecule has 0 atom stereocenters. The van der Waals surface area contributed by atoms with Crippen LogP contribution in [0, 0.1) is 0 Å². The molecule has 30 heavy (non-hydrogen) atoms. The Labute approximate surface area is 179 Å². The lowest BCUT2D eigenvalue weighted by Gasteiger charge is -2.14. The summed E-state index contributed by atoms with van der Waals surface area (Å²) < 4.78 is 7.24. The number of carbonyl (C=O) groups excluding carboxylic acids is 2. The molecule has 0 aliphatic heterocycles. The van der Waals surface area contributed by atoms with Crippen LogP contribution in [-0.2, 0) is 0 Å². The molecule has 2 aromatic carbocycles. The van der Waals surface area contributed by atoms with Crippen LogP contribution in [0.3, 0.4) is 0 Å². The summed E-state index contributed by atoms with van der Waals surface area (Å²) >= 11 is 6.39. The smallest absolute Gasteiger partial charge is 0.319 e.